The van der Waals surface area contributed by atoms with E-state index in [4.69, 9.17) is 14.2 Å². The fourth-order valence-corrected chi connectivity index (χ4v) is 4.26. The van der Waals surface area contributed by atoms with Crippen LogP contribution in [0.5, 0.6) is 11.5 Å². The Morgan fingerprint density at radius 2 is 1.57 bits per heavy atom. The zero-order valence-electron chi connectivity index (χ0n) is 16.3. The van der Waals surface area contributed by atoms with Gasteiger partial charge in [-0.2, -0.15) is 0 Å². The van der Waals surface area contributed by atoms with Gasteiger partial charge in [0.1, 0.15) is 13.2 Å². The molecule has 0 radical (unpaired) electrons. The molecular weight excluding hydrogens is 410 g/mol. The smallest absolute Gasteiger partial charge is 0.262 e. The van der Waals surface area contributed by atoms with Gasteiger partial charge in [-0.05, 0) is 36.4 Å². The number of morpholine rings is 1. The maximum absolute atomic E-state index is 12.7. The molecule has 1 saturated heterocycles. The quantitative estimate of drug-likeness (QED) is 0.712. The molecule has 10 heteroatoms. The highest BCUT2D eigenvalue weighted by molar-refractivity contribution is 7.92. The molecule has 1 fully saturated rings. The van der Waals surface area contributed by atoms with Crippen LogP contribution in [-0.2, 0) is 19.6 Å². The van der Waals surface area contributed by atoms with E-state index in [2.05, 4.69) is 10.0 Å². The van der Waals surface area contributed by atoms with Crippen molar-refractivity contribution in [1.82, 2.24) is 4.90 Å². The summed E-state index contributed by atoms with van der Waals surface area (Å²) in [4.78, 5) is 14.3. The molecule has 0 bridgehead atoms. The summed E-state index contributed by atoms with van der Waals surface area (Å²) >= 11 is 0. The highest BCUT2D eigenvalue weighted by Crippen LogP contribution is 2.32. The second-order valence-corrected chi connectivity index (χ2v) is 8.61. The summed E-state index contributed by atoms with van der Waals surface area (Å²) in [5.41, 5.74) is 0.978. The maximum Gasteiger partial charge on any atom is 0.262 e. The fourth-order valence-electron chi connectivity index (χ4n) is 3.19. The summed E-state index contributed by atoms with van der Waals surface area (Å²) in [6.07, 6.45) is 0. The molecule has 4 rings (SSSR count). The number of carbonyl (C=O) groups excluding carboxylic acids is 1. The van der Waals surface area contributed by atoms with Crippen LogP contribution in [0.1, 0.15) is 0 Å². The van der Waals surface area contributed by atoms with Gasteiger partial charge in [0.2, 0.25) is 5.91 Å². The first-order valence-electron chi connectivity index (χ1n) is 9.62. The highest BCUT2D eigenvalue weighted by Gasteiger charge is 2.20. The van der Waals surface area contributed by atoms with Crippen molar-refractivity contribution in [3.05, 3.63) is 42.5 Å². The van der Waals surface area contributed by atoms with Crippen LogP contribution < -0.4 is 19.5 Å². The molecule has 0 spiro atoms. The molecule has 1 amide bonds. The monoisotopic (exact) mass is 433 g/mol. The zero-order valence-corrected chi connectivity index (χ0v) is 17.1. The minimum Gasteiger partial charge on any atom is -0.486 e. The van der Waals surface area contributed by atoms with Gasteiger partial charge in [-0.3, -0.25) is 14.4 Å². The number of hydrogen-bond acceptors (Lipinski definition) is 7. The van der Waals surface area contributed by atoms with Crippen LogP contribution in [0.4, 0.5) is 11.4 Å². The largest absolute Gasteiger partial charge is 0.486 e. The molecule has 0 saturated carbocycles. The number of sulfonamides is 1. The van der Waals surface area contributed by atoms with E-state index in [0.29, 0.717) is 55.8 Å². The van der Waals surface area contributed by atoms with Crippen molar-refractivity contribution >= 4 is 27.3 Å². The predicted octanol–water partition coefficient (Wildman–Crippen LogP) is 1.53. The third-order valence-electron chi connectivity index (χ3n) is 4.72. The number of carbonyl (C=O) groups is 1. The number of ether oxygens (including phenoxy) is 3. The molecule has 0 aliphatic carbocycles. The van der Waals surface area contributed by atoms with E-state index in [1.54, 1.807) is 30.3 Å². The number of amides is 1. The maximum atomic E-state index is 12.7. The Bertz CT molecular complexity index is 1000. The second-order valence-electron chi connectivity index (χ2n) is 6.93. The van der Waals surface area contributed by atoms with Crippen LogP contribution in [0, 0.1) is 0 Å². The number of rotatable bonds is 6. The Kier molecular flexibility index (Phi) is 6.07. The molecule has 2 heterocycles. The van der Waals surface area contributed by atoms with Crippen LogP contribution in [0.3, 0.4) is 0 Å². The van der Waals surface area contributed by atoms with Crippen LogP contribution in [0.25, 0.3) is 0 Å². The van der Waals surface area contributed by atoms with E-state index in [-0.39, 0.29) is 10.8 Å². The van der Waals surface area contributed by atoms with E-state index < -0.39 is 10.0 Å². The summed E-state index contributed by atoms with van der Waals surface area (Å²) in [6, 6.07) is 11.0. The van der Waals surface area contributed by atoms with Crippen LogP contribution in [0.2, 0.25) is 0 Å². The van der Waals surface area contributed by atoms with Crippen molar-refractivity contribution in [2.75, 3.05) is 56.1 Å². The lowest BCUT2D eigenvalue weighted by Gasteiger charge is -2.25. The standard InChI is InChI=1S/C20H23N3O6S/c24-20(14-23-7-9-27-10-8-23)21-15-1-3-16(4-2-15)22-30(25,26)17-5-6-18-19(13-17)29-12-11-28-18/h1-6,13,22H,7-12,14H2,(H,21,24). The van der Waals surface area contributed by atoms with E-state index in [9.17, 15) is 13.2 Å². The zero-order chi connectivity index (χ0) is 21.0. The molecule has 2 aliphatic rings. The Hall–Kier alpha value is -2.82. The van der Waals surface area contributed by atoms with Crippen molar-refractivity contribution in [3.8, 4) is 11.5 Å². The average Bonchev–Trinajstić information content (AvgIpc) is 2.75. The Balaban J connectivity index is 1.37. The molecular formula is C20H23N3O6S. The number of nitrogens with zero attached hydrogens (tertiary/aromatic N) is 1. The van der Waals surface area contributed by atoms with E-state index in [1.165, 1.54) is 12.1 Å². The molecule has 9 nitrogen and oxygen atoms in total. The van der Waals surface area contributed by atoms with Crippen LogP contribution >= 0.6 is 0 Å². The fraction of sp³-hybridized carbons (Fsp3) is 0.350. The molecule has 0 aromatic heterocycles. The number of anilines is 2. The van der Waals surface area contributed by atoms with Gasteiger partial charge in [0.05, 0.1) is 24.7 Å². The average molecular weight is 433 g/mol. The third kappa shape index (κ3) is 5.02. The molecule has 0 unspecified atom stereocenters. The number of fused-ring (bicyclic) bond motifs is 1. The van der Waals surface area contributed by atoms with Crippen molar-refractivity contribution < 1.29 is 27.4 Å². The summed E-state index contributed by atoms with van der Waals surface area (Å²) in [5.74, 6) is 0.807. The van der Waals surface area contributed by atoms with Crippen molar-refractivity contribution in [2.24, 2.45) is 0 Å². The van der Waals surface area contributed by atoms with E-state index >= 15 is 0 Å². The summed E-state index contributed by atoms with van der Waals surface area (Å²) in [6.45, 7) is 3.83. The Labute approximate surface area is 175 Å². The normalized spacial score (nSPS) is 16.7. The summed E-state index contributed by atoms with van der Waals surface area (Å²) < 4.78 is 44.0. The summed E-state index contributed by atoms with van der Waals surface area (Å²) in [7, 11) is -3.79. The molecule has 30 heavy (non-hydrogen) atoms. The molecule has 0 atom stereocenters. The van der Waals surface area contributed by atoms with Gasteiger partial charge >= 0.3 is 0 Å². The molecule has 160 valence electrons. The van der Waals surface area contributed by atoms with Gasteiger partial charge in [0, 0.05) is 30.5 Å². The van der Waals surface area contributed by atoms with Crippen LogP contribution in [-0.4, -0.2) is 65.3 Å². The molecule has 2 aliphatic heterocycles. The Morgan fingerprint density at radius 1 is 0.900 bits per heavy atom. The van der Waals surface area contributed by atoms with Gasteiger partial charge in [0.15, 0.2) is 11.5 Å². The van der Waals surface area contributed by atoms with E-state index in [0.717, 1.165) is 13.1 Å². The third-order valence-corrected chi connectivity index (χ3v) is 6.09. The lowest BCUT2D eigenvalue weighted by Crippen LogP contribution is -2.41. The topological polar surface area (TPSA) is 106 Å². The number of benzene rings is 2. The SMILES string of the molecule is O=C(CN1CCOCC1)Nc1ccc(NS(=O)(=O)c2ccc3c(c2)OCCO3)cc1. The van der Waals surface area contributed by atoms with Crippen molar-refractivity contribution in [3.63, 3.8) is 0 Å². The van der Waals surface area contributed by atoms with Crippen LogP contribution in [0.15, 0.2) is 47.4 Å². The predicted molar refractivity (Wildman–Crippen MR) is 111 cm³/mol. The van der Waals surface area contributed by atoms with Gasteiger partial charge < -0.3 is 19.5 Å². The lowest BCUT2D eigenvalue weighted by atomic mass is 10.3. The first-order valence-corrected chi connectivity index (χ1v) is 11.1. The Morgan fingerprint density at radius 3 is 2.30 bits per heavy atom. The summed E-state index contributed by atoms with van der Waals surface area (Å²) in [5, 5.41) is 2.82. The first-order chi connectivity index (χ1) is 14.5. The molecule has 2 N–H and O–H groups in total. The van der Waals surface area contributed by atoms with Crippen molar-refractivity contribution in [2.45, 2.75) is 4.90 Å². The second kappa shape index (κ2) is 8.90. The lowest BCUT2D eigenvalue weighted by molar-refractivity contribution is -0.118. The number of nitrogens with one attached hydrogen (secondary N) is 2. The number of hydrogen-bond donors (Lipinski definition) is 2. The molecule has 2 aromatic rings. The van der Waals surface area contributed by atoms with Gasteiger partial charge in [-0.25, -0.2) is 8.42 Å². The van der Waals surface area contributed by atoms with E-state index in [1.807, 2.05) is 4.90 Å². The first kappa shape index (κ1) is 20.5. The minimum absolute atomic E-state index is 0.0784. The van der Waals surface area contributed by atoms with Gasteiger partial charge in [0.25, 0.3) is 10.0 Å². The molecule has 2 aromatic carbocycles. The van der Waals surface area contributed by atoms with Gasteiger partial charge in [-0.1, -0.05) is 0 Å². The minimum atomic E-state index is -3.79. The highest BCUT2D eigenvalue weighted by atomic mass is 32.2. The van der Waals surface area contributed by atoms with Crippen molar-refractivity contribution in [1.29, 1.82) is 0 Å². The van der Waals surface area contributed by atoms with Gasteiger partial charge in [-0.15, -0.1) is 0 Å².